The fourth-order valence-electron chi connectivity index (χ4n) is 7.65. The van der Waals surface area contributed by atoms with Crippen molar-refractivity contribution < 1.29 is 29.2 Å². The van der Waals surface area contributed by atoms with Crippen LogP contribution < -0.4 is 32.2 Å². The average molecular weight is 883 g/mol. The number of fused-ring (bicyclic) bond motifs is 1. The van der Waals surface area contributed by atoms with E-state index in [0.717, 1.165) is 56.3 Å². The topological polar surface area (TPSA) is 248 Å². The Morgan fingerprint density at radius 1 is 0.967 bits per heavy atom. The van der Waals surface area contributed by atoms with E-state index < -0.39 is 23.9 Å². The number of amides is 5. The van der Waals surface area contributed by atoms with Gasteiger partial charge in [0.25, 0.3) is 0 Å². The van der Waals surface area contributed by atoms with Crippen LogP contribution in [0, 0.1) is 22.7 Å². The van der Waals surface area contributed by atoms with Crippen molar-refractivity contribution in [1.82, 2.24) is 32.2 Å². The van der Waals surface area contributed by atoms with E-state index in [1.807, 2.05) is 55.9 Å². The quantitative estimate of drug-likeness (QED) is 0.00842. The van der Waals surface area contributed by atoms with Crippen molar-refractivity contribution in [2.24, 2.45) is 28.0 Å². The number of nitrogens with zero attached hydrogens (tertiary/aromatic N) is 4. The predicted molar refractivity (Wildman–Crippen MR) is 239 cm³/mol. The number of rotatable bonds is 30. The summed E-state index contributed by atoms with van der Waals surface area (Å²) in [4.78, 5) is 71.6. The van der Waals surface area contributed by atoms with Crippen LogP contribution in [0.1, 0.15) is 88.8 Å². The van der Waals surface area contributed by atoms with Gasteiger partial charge in [-0.1, -0.05) is 104 Å². The minimum Gasteiger partial charge on any atom is -0.356 e. The van der Waals surface area contributed by atoms with Crippen LogP contribution in [0.3, 0.4) is 0 Å². The van der Waals surface area contributed by atoms with Gasteiger partial charge < -0.3 is 26.6 Å². The van der Waals surface area contributed by atoms with Crippen molar-refractivity contribution in [3.8, 4) is 0 Å². The zero-order valence-electron chi connectivity index (χ0n) is 35.1. The van der Waals surface area contributed by atoms with Crippen LogP contribution in [-0.4, -0.2) is 89.3 Å². The molecule has 2 aliphatic rings. The molecule has 2 heterocycles. The van der Waals surface area contributed by atoms with E-state index in [0.29, 0.717) is 60.4 Å². The Morgan fingerprint density at radius 3 is 2.39 bits per heavy atom. The van der Waals surface area contributed by atoms with E-state index in [9.17, 15) is 29.3 Å². The third-order valence-electron chi connectivity index (χ3n) is 10.9. The van der Waals surface area contributed by atoms with Crippen molar-refractivity contribution in [3.05, 3.63) is 81.1 Å². The summed E-state index contributed by atoms with van der Waals surface area (Å²) in [6.07, 6.45) is 7.38. The normalized spacial score (nSPS) is 18.8. The van der Waals surface area contributed by atoms with E-state index in [1.165, 1.54) is 11.8 Å². The molecule has 2 fully saturated rings. The number of benzene rings is 2. The molecule has 61 heavy (non-hydrogen) atoms. The molecule has 2 aromatic carbocycles. The molecular formula is C42H62N10O7S2. The van der Waals surface area contributed by atoms with Crippen LogP contribution in [0.2, 0.25) is 0 Å². The highest BCUT2D eigenvalue weighted by atomic mass is 32.2. The lowest BCUT2D eigenvalue weighted by molar-refractivity contribution is -0.146. The Kier molecular flexibility index (Phi) is 22.2. The Labute approximate surface area is 366 Å². The molecule has 19 heteroatoms. The number of thioether (sulfide) groups is 2. The zero-order valence-corrected chi connectivity index (χ0v) is 36.8. The van der Waals surface area contributed by atoms with Crippen molar-refractivity contribution in [2.45, 2.75) is 107 Å². The maximum atomic E-state index is 14.2. The van der Waals surface area contributed by atoms with Gasteiger partial charge in [-0.05, 0) is 60.4 Å². The fourth-order valence-corrected chi connectivity index (χ4v) is 10.4. The lowest BCUT2D eigenvalue weighted by Gasteiger charge is -2.29. The van der Waals surface area contributed by atoms with Gasteiger partial charge in [-0.15, -0.1) is 0 Å². The Hall–Kier alpha value is -4.39. The lowest BCUT2D eigenvalue weighted by Crippen LogP contribution is -2.51. The number of unbranched alkanes of at least 4 members (excludes halogenated alkanes) is 4. The molecule has 0 bridgehead atoms. The molecule has 0 radical (unpaired) electrons. The van der Waals surface area contributed by atoms with Gasteiger partial charge in [0.2, 0.25) is 17.7 Å². The van der Waals surface area contributed by atoms with E-state index in [1.54, 1.807) is 29.9 Å². The number of carbonyl (C=O) groups excluding carboxylic acids is 4. The maximum Gasteiger partial charge on any atom is 0.315 e. The highest BCUT2D eigenvalue weighted by molar-refractivity contribution is 8.00. The SMILES string of the molecule is CC(C)C[C@@H](C(=O)N[C@@H](Cc1ccccc1)C(=O)NCCCCCCNC(=O)CCCCC1SCC2NC(=O)NC21)[C@@H](CONO)CSCC(N=O)c1ccc(N=[N+]=[N-])cc1. The second kappa shape index (κ2) is 27.5. The number of carbonyl (C=O) groups is 4. The molecule has 0 saturated carbocycles. The van der Waals surface area contributed by atoms with Crippen LogP contribution >= 0.6 is 23.5 Å². The first kappa shape index (κ1) is 49.3. The standard InChI is InChI=1S/C42H62N10O7S2/c1-28(2)22-33(31(24-59-52-58)25-60-26-35(50-57)30-16-18-32(19-17-30)49-51-43)40(54)46-34(23-29-12-6-5-7-13-29)41(55)45-21-11-4-3-10-20-44-38(53)15-9-8-14-37-39-36(27-61-37)47-42(56)48-39/h5-7,12-13,16-19,28,31,33-37,39,52,58H,3-4,8-11,14-15,20-27H2,1-2H3,(H,44,53)(H,45,55)(H,46,54)(H2,47,48,56)/t31-,33+,34-,35?,36?,37?,39?/m0/s1. The van der Waals surface area contributed by atoms with Gasteiger partial charge in [-0.2, -0.15) is 28.4 Å². The molecule has 2 aromatic rings. The fraction of sp³-hybridized carbons (Fsp3) is 0.619. The van der Waals surface area contributed by atoms with Gasteiger partial charge in [-0.3, -0.25) is 24.4 Å². The molecular weight excluding hydrogens is 821 g/mol. The second-order valence-electron chi connectivity index (χ2n) is 16.0. The first-order valence-corrected chi connectivity index (χ1v) is 23.5. The highest BCUT2D eigenvalue weighted by Crippen LogP contribution is 2.33. The molecule has 0 aromatic heterocycles. The molecule has 17 nitrogen and oxygen atoms in total. The Morgan fingerprint density at radius 2 is 1.70 bits per heavy atom. The summed E-state index contributed by atoms with van der Waals surface area (Å²) in [5.74, 6) is 0.255. The van der Waals surface area contributed by atoms with Gasteiger partial charge in [0.1, 0.15) is 12.1 Å². The van der Waals surface area contributed by atoms with E-state index in [4.69, 9.17) is 10.4 Å². The number of urea groups is 1. The van der Waals surface area contributed by atoms with Crippen LogP contribution in [0.4, 0.5) is 10.5 Å². The van der Waals surface area contributed by atoms with Gasteiger partial charge in [0.15, 0.2) is 0 Å². The molecule has 7 atom stereocenters. The molecule has 0 aliphatic carbocycles. The number of hydrogen-bond acceptors (Lipinski definition) is 12. The van der Waals surface area contributed by atoms with E-state index >= 15 is 0 Å². The third kappa shape index (κ3) is 17.5. The first-order valence-electron chi connectivity index (χ1n) is 21.2. The van der Waals surface area contributed by atoms with E-state index in [2.05, 4.69) is 41.8 Å². The predicted octanol–water partition coefficient (Wildman–Crippen LogP) is 6.60. The van der Waals surface area contributed by atoms with Gasteiger partial charge >= 0.3 is 6.03 Å². The summed E-state index contributed by atoms with van der Waals surface area (Å²) in [6.45, 7) is 5.06. The third-order valence-corrected chi connectivity index (χ3v) is 13.6. The minimum atomic E-state index is -0.837. The molecule has 4 rings (SSSR count). The number of nitroso groups, excluding NO2 is 1. The van der Waals surface area contributed by atoms with Crippen molar-refractivity contribution in [2.75, 3.05) is 37.0 Å². The summed E-state index contributed by atoms with van der Waals surface area (Å²) in [7, 11) is 0. The number of azide groups is 1. The zero-order chi connectivity index (χ0) is 43.8. The van der Waals surface area contributed by atoms with Crippen molar-refractivity contribution in [3.63, 3.8) is 0 Å². The van der Waals surface area contributed by atoms with Crippen molar-refractivity contribution >= 4 is 53.0 Å². The van der Waals surface area contributed by atoms with Crippen LogP contribution in [-0.2, 0) is 25.6 Å². The number of nitrogens with one attached hydrogen (secondary N) is 6. The highest BCUT2D eigenvalue weighted by Gasteiger charge is 2.42. The second-order valence-corrected chi connectivity index (χ2v) is 18.4. The minimum absolute atomic E-state index is 0.00485. The molecule has 2 aliphatic heterocycles. The van der Waals surface area contributed by atoms with Gasteiger partial charge in [0.05, 0.1) is 18.7 Å². The molecule has 0 spiro atoms. The summed E-state index contributed by atoms with van der Waals surface area (Å²) >= 11 is 3.32. The molecule has 334 valence electrons. The van der Waals surface area contributed by atoms with Gasteiger partial charge in [0, 0.05) is 65.1 Å². The summed E-state index contributed by atoms with van der Waals surface area (Å²) in [5, 5.41) is 31.6. The molecule has 7 N–H and O–H groups in total. The van der Waals surface area contributed by atoms with Crippen LogP contribution in [0.25, 0.3) is 10.4 Å². The van der Waals surface area contributed by atoms with Crippen LogP contribution in [0.15, 0.2) is 64.9 Å². The van der Waals surface area contributed by atoms with E-state index in [-0.39, 0.29) is 48.4 Å². The average Bonchev–Trinajstić information content (AvgIpc) is 3.81. The molecule has 4 unspecified atom stereocenters. The van der Waals surface area contributed by atoms with Gasteiger partial charge in [-0.25, -0.2) is 4.79 Å². The Balaban J connectivity index is 1.22. The maximum absolute atomic E-state index is 14.2. The monoisotopic (exact) mass is 882 g/mol. The first-order chi connectivity index (χ1) is 29.6. The van der Waals surface area contributed by atoms with Crippen molar-refractivity contribution in [1.29, 1.82) is 0 Å². The summed E-state index contributed by atoms with van der Waals surface area (Å²) < 4.78 is 0. The Bertz CT molecular complexity index is 1720. The largest absolute Gasteiger partial charge is 0.356 e. The number of hydrogen-bond donors (Lipinski definition) is 7. The molecule has 2 saturated heterocycles. The summed E-state index contributed by atoms with van der Waals surface area (Å²) in [6, 6.07) is 14.9. The lowest BCUT2D eigenvalue weighted by atomic mass is 9.85. The summed E-state index contributed by atoms with van der Waals surface area (Å²) in [5.41, 5.74) is 12.4. The smallest absolute Gasteiger partial charge is 0.315 e. The van der Waals surface area contributed by atoms with Crippen LogP contribution in [0.5, 0.6) is 0 Å². The molecule has 5 amide bonds.